The molecular formula is C22H21ClN2O5S. The van der Waals surface area contributed by atoms with Gasteiger partial charge in [0.1, 0.15) is 18.1 Å². The SMILES string of the molecule is COc1ccc(OCCNC(=O)c2ccc(S(=O)(=O)Nc3ccc(Cl)cc3)cc2)cc1. The fourth-order valence-electron chi connectivity index (χ4n) is 2.62. The summed E-state index contributed by atoms with van der Waals surface area (Å²) in [5, 5.41) is 3.24. The van der Waals surface area contributed by atoms with Crippen molar-refractivity contribution in [3.8, 4) is 11.5 Å². The van der Waals surface area contributed by atoms with Gasteiger partial charge in [-0.15, -0.1) is 0 Å². The fraction of sp³-hybridized carbons (Fsp3) is 0.136. The van der Waals surface area contributed by atoms with Crippen LogP contribution in [0.1, 0.15) is 10.4 Å². The molecule has 0 saturated carbocycles. The molecule has 162 valence electrons. The van der Waals surface area contributed by atoms with E-state index in [1.807, 2.05) is 0 Å². The highest BCUT2D eigenvalue weighted by atomic mass is 35.5. The summed E-state index contributed by atoms with van der Waals surface area (Å²) in [6, 6.07) is 19.1. The number of hydrogen-bond donors (Lipinski definition) is 2. The summed E-state index contributed by atoms with van der Waals surface area (Å²) in [4.78, 5) is 12.3. The lowest BCUT2D eigenvalue weighted by Gasteiger charge is -2.10. The number of carbonyl (C=O) groups excluding carboxylic acids is 1. The van der Waals surface area contributed by atoms with Crippen LogP contribution in [0.2, 0.25) is 5.02 Å². The summed E-state index contributed by atoms with van der Waals surface area (Å²) in [6.45, 7) is 0.582. The van der Waals surface area contributed by atoms with Gasteiger partial charge in [-0.3, -0.25) is 9.52 Å². The molecule has 0 spiro atoms. The van der Waals surface area contributed by atoms with Crippen molar-refractivity contribution in [2.45, 2.75) is 4.90 Å². The molecule has 0 heterocycles. The highest BCUT2D eigenvalue weighted by molar-refractivity contribution is 7.92. The van der Waals surface area contributed by atoms with Crippen LogP contribution in [0.3, 0.4) is 0 Å². The Balaban J connectivity index is 1.51. The van der Waals surface area contributed by atoms with E-state index in [1.165, 1.54) is 24.3 Å². The maximum atomic E-state index is 12.5. The number of ether oxygens (including phenoxy) is 2. The molecule has 2 N–H and O–H groups in total. The maximum absolute atomic E-state index is 12.5. The number of halogens is 1. The smallest absolute Gasteiger partial charge is 0.261 e. The van der Waals surface area contributed by atoms with E-state index in [4.69, 9.17) is 21.1 Å². The molecule has 0 radical (unpaired) electrons. The fourth-order valence-corrected chi connectivity index (χ4v) is 3.81. The second-order valence-electron chi connectivity index (χ2n) is 6.42. The molecule has 0 saturated heterocycles. The Hall–Kier alpha value is -3.23. The predicted octanol–water partition coefficient (Wildman–Crippen LogP) is 3.96. The molecule has 3 rings (SSSR count). The second kappa shape index (κ2) is 10.2. The molecule has 1 amide bonds. The van der Waals surface area contributed by atoms with Crippen LogP contribution in [-0.4, -0.2) is 34.6 Å². The average molecular weight is 461 g/mol. The standard InChI is InChI=1S/C22H21ClN2O5S/c1-29-19-8-10-20(11-9-19)30-15-14-24-22(26)16-2-12-21(13-3-16)31(27,28)25-18-6-4-17(23)5-7-18/h2-13,25H,14-15H2,1H3,(H,24,26). The zero-order chi connectivity index (χ0) is 22.3. The van der Waals surface area contributed by atoms with Gasteiger partial charge in [0.2, 0.25) is 0 Å². The largest absolute Gasteiger partial charge is 0.497 e. The Kier molecular flexibility index (Phi) is 7.38. The predicted molar refractivity (Wildman–Crippen MR) is 120 cm³/mol. The average Bonchev–Trinajstić information content (AvgIpc) is 2.78. The molecule has 0 fully saturated rings. The van der Waals surface area contributed by atoms with Crippen LogP contribution < -0.4 is 19.5 Å². The van der Waals surface area contributed by atoms with Gasteiger partial charge in [-0.25, -0.2) is 8.42 Å². The summed E-state index contributed by atoms with van der Waals surface area (Å²) in [5.74, 6) is 1.07. The van der Waals surface area contributed by atoms with Gasteiger partial charge in [0.25, 0.3) is 15.9 Å². The topological polar surface area (TPSA) is 93.7 Å². The lowest BCUT2D eigenvalue weighted by molar-refractivity contribution is 0.0947. The van der Waals surface area contributed by atoms with Gasteiger partial charge in [0, 0.05) is 16.3 Å². The van der Waals surface area contributed by atoms with Gasteiger partial charge in [0.05, 0.1) is 18.6 Å². The van der Waals surface area contributed by atoms with Crippen LogP contribution in [0, 0.1) is 0 Å². The van der Waals surface area contributed by atoms with E-state index in [-0.39, 0.29) is 17.4 Å². The Labute approximate surface area is 186 Å². The van der Waals surface area contributed by atoms with Gasteiger partial charge in [-0.1, -0.05) is 11.6 Å². The Morgan fingerprint density at radius 3 is 2.13 bits per heavy atom. The number of sulfonamides is 1. The third-order valence-electron chi connectivity index (χ3n) is 4.24. The molecule has 3 aromatic carbocycles. The van der Waals surface area contributed by atoms with Crippen molar-refractivity contribution in [3.63, 3.8) is 0 Å². The first-order valence-corrected chi connectivity index (χ1v) is 11.2. The first kappa shape index (κ1) is 22.5. The first-order chi connectivity index (χ1) is 14.9. The molecule has 0 aromatic heterocycles. The molecule has 0 unspecified atom stereocenters. The van der Waals surface area contributed by atoms with Gasteiger partial charge in [-0.05, 0) is 72.8 Å². The number of benzene rings is 3. The van der Waals surface area contributed by atoms with E-state index in [2.05, 4.69) is 10.0 Å². The van der Waals surface area contributed by atoms with Crippen molar-refractivity contribution < 1.29 is 22.7 Å². The summed E-state index contributed by atoms with van der Waals surface area (Å²) in [7, 11) is -2.19. The molecular weight excluding hydrogens is 440 g/mol. The molecule has 9 heteroatoms. The minimum Gasteiger partial charge on any atom is -0.497 e. The molecule has 0 aliphatic carbocycles. The Bertz CT molecular complexity index is 1120. The van der Waals surface area contributed by atoms with Gasteiger partial charge in [-0.2, -0.15) is 0 Å². The number of anilines is 1. The van der Waals surface area contributed by atoms with E-state index in [9.17, 15) is 13.2 Å². The molecule has 0 atom stereocenters. The molecule has 0 aliphatic rings. The summed E-state index contributed by atoms with van der Waals surface area (Å²) in [6.07, 6.45) is 0. The van der Waals surface area contributed by atoms with Crippen molar-refractivity contribution in [1.82, 2.24) is 5.32 Å². The van der Waals surface area contributed by atoms with Gasteiger partial charge in [0.15, 0.2) is 0 Å². The number of amides is 1. The van der Waals surface area contributed by atoms with Crippen molar-refractivity contribution in [3.05, 3.63) is 83.4 Å². The normalized spacial score (nSPS) is 10.9. The molecule has 0 bridgehead atoms. The molecule has 31 heavy (non-hydrogen) atoms. The van der Waals surface area contributed by atoms with Crippen molar-refractivity contribution in [1.29, 1.82) is 0 Å². The number of hydrogen-bond acceptors (Lipinski definition) is 5. The van der Waals surface area contributed by atoms with Crippen molar-refractivity contribution in [2.24, 2.45) is 0 Å². The molecule has 7 nitrogen and oxygen atoms in total. The van der Waals surface area contributed by atoms with Crippen molar-refractivity contribution in [2.75, 3.05) is 25.0 Å². The maximum Gasteiger partial charge on any atom is 0.261 e. The van der Waals surface area contributed by atoms with E-state index in [0.29, 0.717) is 28.6 Å². The number of rotatable bonds is 9. The van der Waals surface area contributed by atoms with Crippen LogP contribution >= 0.6 is 11.6 Å². The van der Waals surface area contributed by atoms with Crippen LogP contribution in [-0.2, 0) is 10.0 Å². The third kappa shape index (κ3) is 6.37. The van der Waals surface area contributed by atoms with Crippen LogP contribution in [0.15, 0.2) is 77.7 Å². The van der Waals surface area contributed by atoms with Crippen LogP contribution in [0.5, 0.6) is 11.5 Å². The summed E-state index contributed by atoms with van der Waals surface area (Å²) < 4.78 is 38.1. The van der Waals surface area contributed by atoms with Gasteiger partial charge >= 0.3 is 0 Å². The summed E-state index contributed by atoms with van der Waals surface area (Å²) >= 11 is 5.81. The third-order valence-corrected chi connectivity index (χ3v) is 5.89. The summed E-state index contributed by atoms with van der Waals surface area (Å²) in [5.41, 5.74) is 0.734. The minimum atomic E-state index is -3.78. The molecule has 0 aliphatic heterocycles. The minimum absolute atomic E-state index is 0.0434. The number of methoxy groups -OCH3 is 1. The Morgan fingerprint density at radius 2 is 1.52 bits per heavy atom. The van der Waals surface area contributed by atoms with E-state index in [0.717, 1.165) is 5.75 Å². The van der Waals surface area contributed by atoms with Crippen LogP contribution in [0.25, 0.3) is 0 Å². The highest BCUT2D eigenvalue weighted by Gasteiger charge is 2.15. The second-order valence-corrected chi connectivity index (χ2v) is 8.54. The lowest BCUT2D eigenvalue weighted by Crippen LogP contribution is -2.28. The van der Waals surface area contributed by atoms with E-state index >= 15 is 0 Å². The number of nitrogens with one attached hydrogen (secondary N) is 2. The Morgan fingerprint density at radius 1 is 0.903 bits per heavy atom. The zero-order valence-electron chi connectivity index (χ0n) is 16.7. The monoisotopic (exact) mass is 460 g/mol. The van der Waals surface area contributed by atoms with E-state index < -0.39 is 10.0 Å². The first-order valence-electron chi connectivity index (χ1n) is 9.31. The van der Waals surface area contributed by atoms with Crippen LogP contribution in [0.4, 0.5) is 5.69 Å². The zero-order valence-corrected chi connectivity index (χ0v) is 18.2. The lowest BCUT2D eigenvalue weighted by atomic mass is 10.2. The molecule has 3 aromatic rings. The van der Waals surface area contributed by atoms with Gasteiger partial charge < -0.3 is 14.8 Å². The quantitative estimate of drug-likeness (QED) is 0.471. The van der Waals surface area contributed by atoms with E-state index in [1.54, 1.807) is 55.6 Å². The number of carbonyl (C=O) groups is 1. The highest BCUT2D eigenvalue weighted by Crippen LogP contribution is 2.19. The van der Waals surface area contributed by atoms with Crippen molar-refractivity contribution >= 4 is 33.2 Å².